The smallest absolute Gasteiger partial charge is 0.339 e. The molecule has 0 aliphatic heterocycles. The Balaban J connectivity index is 1.71. The molecule has 3 aromatic rings. The van der Waals surface area contributed by atoms with Gasteiger partial charge >= 0.3 is 10.1 Å². The van der Waals surface area contributed by atoms with Crippen LogP contribution in [0.15, 0.2) is 76.7 Å². The number of carbonyl (C=O) groups is 1. The minimum absolute atomic E-state index is 0.0451. The molecule has 9 nitrogen and oxygen atoms in total. The lowest BCUT2D eigenvalue weighted by molar-refractivity contribution is -0.385. The first-order chi connectivity index (χ1) is 15.2. The summed E-state index contributed by atoms with van der Waals surface area (Å²) < 4.78 is 29.9. The fraction of sp³-hybridized carbons (Fsp3) is 0. The van der Waals surface area contributed by atoms with Crippen LogP contribution in [0.4, 0.5) is 5.69 Å². The van der Waals surface area contributed by atoms with E-state index < -0.39 is 20.9 Å². The number of rotatable bonds is 7. The molecule has 0 saturated carbocycles. The van der Waals surface area contributed by atoms with Gasteiger partial charge in [-0.15, -0.1) is 0 Å². The molecule has 0 aromatic heterocycles. The van der Waals surface area contributed by atoms with Crippen molar-refractivity contribution in [3.8, 4) is 5.75 Å². The summed E-state index contributed by atoms with van der Waals surface area (Å²) in [5, 5.41) is 15.2. The average molecular weight is 494 g/mol. The van der Waals surface area contributed by atoms with E-state index in [9.17, 15) is 23.3 Å². The number of nitro groups is 1. The van der Waals surface area contributed by atoms with Crippen LogP contribution in [0.25, 0.3) is 0 Å². The fourth-order valence-electron chi connectivity index (χ4n) is 2.44. The highest BCUT2D eigenvalue weighted by atomic mass is 35.5. The van der Waals surface area contributed by atoms with Crippen LogP contribution in [-0.4, -0.2) is 25.5 Å². The van der Waals surface area contributed by atoms with Gasteiger partial charge in [0.2, 0.25) is 0 Å². The van der Waals surface area contributed by atoms with Gasteiger partial charge in [-0.05, 0) is 42.0 Å². The number of non-ortho nitro benzene ring substituents is 1. The second-order valence-electron chi connectivity index (χ2n) is 6.19. The minimum atomic E-state index is -4.31. The number of nitrogens with zero attached hydrogens (tertiary/aromatic N) is 2. The molecule has 3 rings (SSSR count). The SMILES string of the molecule is O=C(N/N=C\c1cccc(OS(=O)(=O)c2cccc([N+](=O)[O-])c2)c1)c1ccc(Cl)c(Cl)c1. The largest absolute Gasteiger partial charge is 0.379 e. The van der Waals surface area contributed by atoms with Crippen LogP contribution in [0.2, 0.25) is 10.0 Å². The zero-order valence-electron chi connectivity index (χ0n) is 15.9. The second kappa shape index (κ2) is 9.77. The van der Waals surface area contributed by atoms with Gasteiger partial charge in [0.1, 0.15) is 10.6 Å². The molecule has 0 fully saturated rings. The Bertz CT molecular complexity index is 1330. The van der Waals surface area contributed by atoms with E-state index in [1.54, 1.807) is 6.07 Å². The maximum Gasteiger partial charge on any atom is 0.339 e. The normalized spacial score (nSPS) is 11.3. The summed E-state index contributed by atoms with van der Waals surface area (Å²) >= 11 is 11.7. The van der Waals surface area contributed by atoms with E-state index in [0.717, 1.165) is 6.07 Å². The number of hydrogen-bond acceptors (Lipinski definition) is 7. The molecule has 0 unspecified atom stereocenters. The third kappa shape index (κ3) is 5.82. The highest BCUT2D eigenvalue weighted by molar-refractivity contribution is 7.87. The minimum Gasteiger partial charge on any atom is -0.379 e. The predicted octanol–water partition coefficient (Wildman–Crippen LogP) is 4.43. The van der Waals surface area contributed by atoms with Gasteiger partial charge in [0, 0.05) is 17.7 Å². The van der Waals surface area contributed by atoms with E-state index in [2.05, 4.69) is 10.5 Å². The first-order valence-electron chi connectivity index (χ1n) is 8.73. The molecule has 0 atom stereocenters. The van der Waals surface area contributed by atoms with Crippen molar-refractivity contribution in [1.29, 1.82) is 0 Å². The Morgan fingerprint density at radius 1 is 1.03 bits per heavy atom. The average Bonchev–Trinajstić information content (AvgIpc) is 2.75. The number of halogens is 2. The second-order valence-corrected chi connectivity index (χ2v) is 8.55. The molecule has 0 heterocycles. The lowest BCUT2D eigenvalue weighted by Crippen LogP contribution is -2.17. The summed E-state index contributed by atoms with van der Waals surface area (Å²) in [6.07, 6.45) is 1.28. The summed E-state index contributed by atoms with van der Waals surface area (Å²) in [6.45, 7) is 0. The van der Waals surface area contributed by atoms with E-state index >= 15 is 0 Å². The van der Waals surface area contributed by atoms with E-state index in [0.29, 0.717) is 10.6 Å². The lowest BCUT2D eigenvalue weighted by Gasteiger charge is -2.07. The molecule has 0 spiro atoms. The van der Waals surface area contributed by atoms with Crippen molar-refractivity contribution in [2.45, 2.75) is 4.90 Å². The van der Waals surface area contributed by atoms with Crippen molar-refractivity contribution in [3.63, 3.8) is 0 Å². The summed E-state index contributed by atoms with van der Waals surface area (Å²) in [5.41, 5.74) is 2.60. The summed E-state index contributed by atoms with van der Waals surface area (Å²) in [5.74, 6) is -0.572. The van der Waals surface area contributed by atoms with Crippen LogP contribution in [0.3, 0.4) is 0 Å². The molecule has 12 heteroatoms. The van der Waals surface area contributed by atoms with Crippen LogP contribution in [0.1, 0.15) is 15.9 Å². The van der Waals surface area contributed by atoms with Crippen molar-refractivity contribution in [3.05, 3.63) is 98.0 Å². The van der Waals surface area contributed by atoms with E-state index in [4.69, 9.17) is 27.4 Å². The zero-order chi connectivity index (χ0) is 23.3. The van der Waals surface area contributed by atoms with Gasteiger partial charge in [-0.2, -0.15) is 13.5 Å². The van der Waals surface area contributed by atoms with Crippen LogP contribution in [0, 0.1) is 10.1 Å². The molecule has 0 bridgehead atoms. The van der Waals surface area contributed by atoms with E-state index in [1.165, 1.54) is 60.8 Å². The molecule has 32 heavy (non-hydrogen) atoms. The molecule has 1 amide bonds. The highest BCUT2D eigenvalue weighted by Crippen LogP contribution is 2.23. The maximum atomic E-state index is 12.4. The van der Waals surface area contributed by atoms with Crippen LogP contribution in [-0.2, 0) is 10.1 Å². The molecule has 1 N–H and O–H groups in total. The van der Waals surface area contributed by atoms with Gasteiger partial charge in [0.05, 0.1) is 21.2 Å². The Hall–Kier alpha value is -3.47. The van der Waals surface area contributed by atoms with Gasteiger partial charge in [-0.25, -0.2) is 5.43 Å². The number of amides is 1. The molecule has 0 radical (unpaired) electrons. The number of nitro benzene ring substituents is 1. The van der Waals surface area contributed by atoms with Gasteiger partial charge in [-0.3, -0.25) is 14.9 Å². The highest BCUT2D eigenvalue weighted by Gasteiger charge is 2.20. The van der Waals surface area contributed by atoms with Crippen molar-refractivity contribution >= 4 is 51.1 Å². The van der Waals surface area contributed by atoms with Gasteiger partial charge in [0.25, 0.3) is 11.6 Å². The van der Waals surface area contributed by atoms with Crippen LogP contribution >= 0.6 is 23.2 Å². The molecule has 0 saturated heterocycles. The van der Waals surface area contributed by atoms with Crippen molar-refractivity contribution in [2.24, 2.45) is 5.10 Å². The van der Waals surface area contributed by atoms with Gasteiger partial charge < -0.3 is 4.18 Å². The molecule has 0 aliphatic carbocycles. The maximum absolute atomic E-state index is 12.4. The molecule has 0 aliphatic rings. The lowest BCUT2D eigenvalue weighted by atomic mass is 10.2. The Labute approximate surface area is 192 Å². The number of benzene rings is 3. The fourth-order valence-corrected chi connectivity index (χ4v) is 3.70. The number of hydrazone groups is 1. The predicted molar refractivity (Wildman–Crippen MR) is 119 cm³/mol. The first-order valence-corrected chi connectivity index (χ1v) is 10.9. The van der Waals surface area contributed by atoms with Crippen molar-refractivity contribution in [1.82, 2.24) is 5.43 Å². The van der Waals surface area contributed by atoms with E-state index in [1.807, 2.05) is 0 Å². The summed E-state index contributed by atoms with van der Waals surface area (Å²) in [6, 6.07) is 14.7. The quantitative estimate of drug-likeness (QED) is 0.224. The molecular weight excluding hydrogens is 481 g/mol. The topological polar surface area (TPSA) is 128 Å². The Morgan fingerprint density at radius 2 is 1.78 bits per heavy atom. The number of nitrogens with one attached hydrogen (secondary N) is 1. The van der Waals surface area contributed by atoms with Crippen LogP contribution < -0.4 is 9.61 Å². The standard InChI is InChI=1S/C20H13Cl2N3O6S/c21-18-8-7-14(10-19(18)22)20(26)24-23-12-13-3-1-5-16(9-13)31-32(29,30)17-6-2-4-15(11-17)25(27)28/h1-12H,(H,24,26)/b23-12-. The zero-order valence-corrected chi connectivity index (χ0v) is 18.3. The Morgan fingerprint density at radius 3 is 2.50 bits per heavy atom. The first kappa shape index (κ1) is 23.2. The third-order valence-electron chi connectivity index (χ3n) is 3.94. The summed E-state index contributed by atoms with van der Waals surface area (Å²) in [4.78, 5) is 21.9. The van der Waals surface area contributed by atoms with Gasteiger partial charge in [0.15, 0.2) is 0 Å². The van der Waals surface area contributed by atoms with Crippen molar-refractivity contribution < 1.29 is 22.3 Å². The molecule has 164 valence electrons. The van der Waals surface area contributed by atoms with Crippen LogP contribution in [0.5, 0.6) is 5.75 Å². The van der Waals surface area contributed by atoms with Gasteiger partial charge in [-0.1, -0.05) is 41.4 Å². The monoisotopic (exact) mass is 493 g/mol. The third-order valence-corrected chi connectivity index (χ3v) is 5.92. The van der Waals surface area contributed by atoms with E-state index in [-0.39, 0.29) is 26.9 Å². The van der Waals surface area contributed by atoms with Crippen molar-refractivity contribution in [2.75, 3.05) is 0 Å². The molecular formula is C20H13Cl2N3O6S. The number of hydrogen-bond donors (Lipinski definition) is 1. The summed E-state index contributed by atoms with van der Waals surface area (Å²) in [7, 11) is -4.31. The number of carbonyl (C=O) groups excluding carboxylic acids is 1. The Kier molecular flexibility index (Phi) is 7.08. The molecule has 3 aromatic carbocycles.